The fraction of sp³-hybridized carbons (Fsp3) is 0.444. The average molecular weight is 694 g/mol. The van der Waals surface area contributed by atoms with Crippen molar-refractivity contribution in [1.29, 1.82) is 0 Å². The van der Waals surface area contributed by atoms with Crippen molar-refractivity contribution in [2.75, 3.05) is 65.9 Å². The summed E-state index contributed by atoms with van der Waals surface area (Å²) in [5.74, 6) is 4.43. The Morgan fingerprint density at radius 2 is 1.92 bits per heavy atom. The van der Waals surface area contributed by atoms with Crippen LogP contribution >= 0.6 is 11.6 Å². The number of anilines is 1. The summed E-state index contributed by atoms with van der Waals surface area (Å²) in [6, 6.07) is 8.49. The van der Waals surface area contributed by atoms with Crippen molar-refractivity contribution < 1.29 is 22.7 Å². The zero-order valence-electron chi connectivity index (χ0n) is 28.0. The minimum atomic E-state index is -0.708. The lowest BCUT2D eigenvalue weighted by Gasteiger charge is -2.27. The largest absolute Gasteiger partial charge is 0.467 e. The predicted octanol–water partition coefficient (Wildman–Crippen LogP) is 5.58. The molecule has 49 heavy (non-hydrogen) atoms. The van der Waals surface area contributed by atoms with Gasteiger partial charge in [0, 0.05) is 55.9 Å². The van der Waals surface area contributed by atoms with Gasteiger partial charge >= 0.3 is 6.01 Å². The summed E-state index contributed by atoms with van der Waals surface area (Å²) in [5, 5.41) is 1.27. The highest BCUT2D eigenvalue weighted by molar-refractivity contribution is 6.36. The number of likely N-dealkylation sites (tertiary alicyclic amines) is 1. The van der Waals surface area contributed by atoms with Gasteiger partial charge in [0.15, 0.2) is 5.82 Å². The lowest BCUT2D eigenvalue weighted by atomic mass is 10.0. The molecule has 3 aliphatic rings. The number of hydrogen-bond donors (Lipinski definition) is 0. The highest BCUT2D eigenvalue weighted by atomic mass is 35.5. The van der Waals surface area contributed by atoms with E-state index in [9.17, 15) is 13.6 Å². The molecule has 258 valence electrons. The van der Waals surface area contributed by atoms with E-state index in [0.29, 0.717) is 66.2 Å². The lowest BCUT2D eigenvalue weighted by molar-refractivity contribution is -0.124. The van der Waals surface area contributed by atoms with Crippen LogP contribution in [0, 0.1) is 23.5 Å². The summed E-state index contributed by atoms with van der Waals surface area (Å²) in [6.45, 7) is 3.33. The number of likely N-dealkylation sites (N-methyl/N-ethyl adjacent to an activating group) is 1. The van der Waals surface area contributed by atoms with Gasteiger partial charge in [0.2, 0.25) is 0 Å². The number of benzene rings is 2. The maximum absolute atomic E-state index is 16.2. The van der Waals surface area contributed by atoms with Gasteiger partial charge in [0.25, 0.3) is 5.91 Å². The molecule has 5 heterocycles. The first-order chi connectivity index (χ1) is 23.5. The van der Waals surface area contributed by atoms with Gasteiger partial charge in [0.05, 0.1) is 24.1 Å². The van der Waals surface area contributed by atoms with Crippen LogP contribution in [0.1, 0.15) is 25.7 Å². The predicted molar refractivity (Wildman–Crippen MR) is 186 cm³/mol. The number of carbonyl (C=O) groups excluding carboxylic acids is 1. The molecule has 0 spiro atoms. The van der Waals surface area contributed by atoms with Gasteiger partial charge in [-0.1, -0.05) is 41.8 Å². The molecule has 13 heteroatoms. The zero-order valence-corrected chi connectivity index (χ0v) is 28.8. The van der Waals surface area contributed by atoms with Crippen LogP contribution in [0.5, 0.6) is 6.01 Å². The number of methoxy groups -OCH3 is 1. The number of amides is 1. The Hall–Kier alpha value is -4.18. The molecule has 2 aromatic heterocycles. The van der Waals surface area contributed by atoms with E-state index in [2.05, 4.69) is 31.7 Å². The molecule has 3 fully saturated rings. The van der Waals surface area contributed by atoms with Crippen LogP contribution in [0.15, 0.2) is 36.5 Å². The van der Waals surface area contributed by atoms with Crippen molar-refractivity contribution in [3.8, 4) is 29.1 Å². The molecule has 1 amide bonds. The van der Waals surface area contributed by atoms with Gasteiger partial charge in [0.1, 0.15) is 29.0 Å². The van der Waals surface area contributed by atoms with E-state index >= 15 is 4.39 Å². The molecule has 0 bridgehead atoms. The molecule has 2 aromatic carbocycles. The van der Waals surface area contributed by atoms with Crippen LogP contribution in [0.3, 0.4) is 0 Å². The Morgan fingerprint density at radius 1 is 1.10 bits per heavy atom. The van der Waals surface area contributed by atoms with E-state index in [0.717, 1.165) is 13.0 Å². The molecule has 0 N–H and O–H groups in total. The molecule has 0 radical (unpaired) electrons. The quantitative estimate of drug-likeness (QED) is 0.251. The Labute approximate surface area is 289 Å². The molecular formula is C36H39ClF3N7O2. The molecule has 4 aromatic rings. The number of halogens is 4. The summed E-state index contributed by atoms with van der Waals surface area (Å²) in [5.41, 5.74) is 0.326. The SMILES string of the molecule is COc1nc(N(C)C2CCN(C(=O)C#CCN(C)C)C2)c2cnc(-c3cccc4ccc(F)c(Cl)c34)c(F)c2n1.FC1CC2CCCN2C1. The monoisotopic (exact) mass is 693 g/mol. The van der Waals surface area contributed by atoms with E-state index in [1.54, 1.807) is 29.2 Å². The summed E-state index contributed by atoms with van der Waals surface area (Å²) in [7, 11) is 7.01. The van der Waals surface area contributed by atoms with Crippen LogP contribution < -0.4 is 9.64 Å². The third-order valence-corrected chi connectivity index (χ3v) is 9.77. The zero-order chi connectivity index (χ0) is 34.8. The maximum atomic E-state index is 16.2. The summed E-state index contributed by atoms with van der Waals surface area (Å²) < 4.78 is 48.4. The Kier molecular flexibility index (Phi) is 10.4. The Balaban J connectivity index is 0.000000396. The highest BCUT2D eigenvalue weighted by Crippen LogP contribution is 2.38. The van der Waals surface area contributed by atoms with Crippen LogP contribution in [0.2, 0.25) is 5.02 Å². The Bertz CT molecular complexity index is 1920. The highest BCUT2D eigenvalue weighted by Gasteiger charge is 2.35. The number of hydrogen-bond acceptors (Lipinski definition) is 8. The van der Waals surface area contributed by atoms with E-state index < -0.39 is 17.8 Å². The second-order valence-electron chi connectivity index (χ2n) is 13.0. The fourth-order valence-electron chi connectivity index (χ4n) is 6.87. The first-order valence-electron chi connectivity index (χ1n) is 16.4. The molecule has 3 atom stereocenters. The van der Waals surface area contributed by atoms with Crippen LogP contribution in [-0.2, 0) is 4.79 Å². The van der Waals surface area contributed by atoms with Crippen molar-refractivity contribution in [2.24, 2.45) is 0 Å². The van der Waals surface area contributed by atoms with Crippen molar-refractivity contribution >= 4 is 45.0 Å². The van der Waals surface area contributed by atoms with Gasteiger partial charge < -0.3 is 14.5 Å². The van der Waals surface area contributed by atoms with Gasteiger partial charge in [-0.05, 0) is 63.7 Å². The van der Waals surface area contributed by atoms with Crippen LogP contribution in [-0.4, -0.2) is 115 Å². The van der Waals surface area contributed by atoms with Crippen molar-refractivity contribution in [3.05, 3.63) is 53.2 Å². The molecule has 7 rings (SSSR count). The molecule has 0 saturated carbocycles. The van der Waals surface area contributed by atoms with E-state index in [-0.39, 0.29) is 34.2 Å². The van der Waals surface area contributed by atoms with E-state index in [4.69, 9.17) is 16.3 Å². The third-order valence-electron chi connectivity index (χ3n) is 9.40. The molecule has 3 unspecified atom stereocenters. The summed E-state index contributed by atoms with van der Waals surface area (Å²) >= 11 is 6.30. The van der Waals surface area contributed by atoms with Gasteiger partial charge in [-0.25, -0.2) is 13.2 Å². The molecule has 0 aliphatic carbocycles. The van der Waals surface area contributed by atoms with E-state index in [1.807, 2.05) is 30.9 Å². The molecule has 9 nitrogen and oxygen atoms in total. The standard InChI is InChI=1S/C29H27ClF2N6O2.C7H12FN/c1-36(2)13-6-9-22(39)38-14-12-18(16-38)37(3)28-20-15-33-26(25(32)27(20)34-29(35-28)40-4)19-8-5-7-17-10-11-21(31)24(30)23(17)19;8-6-4-7-2-1-3-9(7)5-6/h5,7-8,10-11,15,18H,12-14,16H2,1-4H3;6-7H,1-5H2. The van der Waals surface area contributed by atoms with Crippen LogP contribution in [0.25, 0.3) is 32.9 Å². The van der Waals surface area contributed by atoms with E-state index in [1.165, 1.54) is 32.2 Å². The first-order valence-corrected chi connectivity index (χ1v) is 16.7. The Morgan fingerprint density at radius 3 is 2.67 bits per heavy atom. The first kappa shape index (κ1) is 34.7. The number of fused-ring (bicyclic) bond motifs is 3. The number of aromatic nitrogens is 3. The topological polar surface area (TPSA) is 77.9 Å². The van der Waals surface area contributed by atoms with Crippen molar-refractivity contribution in [3.63, 3.8) is 0 Å². The molecule has 3 aliphatic heterocycles. The van der Waals surface area contributed by atoms with Crippen LogP contribution in [0.4, 0.5) is 19.0 Å². The second kappa shape index (κ2) is 14.7. The van der Waals surface area contributed by atoms with Gasteiger partial charge in [-0.15, -0.1) is 0 Å². The molecule has 3 saturated heterocycles. The minimum absolute atomic E-state index is 0.00344. The van der Waals surface area contributed by atoms with Crippen molar-refractivity contribution in [2.45, 2.75) is 43.9 Å². The number of ether oxygens (including phenoxy) is 1. The average Bonchev–Trinajstić information content (AvgIpc) is 3.83. The van der Waals surface area contributed by atoms with Gasteiger partial charge in [-0.2, -0.15) is 9.97 Å². The molecular weight excluding hydrogens is 655 g/mol. The number of alkyl halides is 1. The second-order valence-corrected chi connectivity index (χ2v) is 13.3. The fourth-order valence-corrected chi connectivity index (χ4v) is 7.14. The number of carbonyl (C=O) groups is 1. The number of rotatable bonds is 5. The third kappa shape index (κ3) is 7.25. The number of nitrogens with zero attached hydrogens (tertiary/aromatic N) is 7. The smallest absolute Gasteiger partial charge is 0.318 e. The number of pyridine rings is 1. The van der Waals surface area contributed by atoms with Gasteiger partial charge in [-0.3, -0.25) is 19.6 Å². The summed E-state index contributed by atoms with van der Waals surface area (Å²) in [6.07, 6.45) is 4.99. The normalized spacial score (nSPS) is 20.3. The maximum Gasteiger partial charge on any atom is 0.318 e. The minimum Gasteiger partial charge on any atom is -0.467 e. The lowest BCUT2D eigenvalue weighted by Crippen LogP contribution is -2.37. The summed E-state index contributed by atoms with van der Waals surface area (Å²) in [4.78, 5) is 33.5. The van der Waals surface area contributed by atoms with Crippen molar-refractivity contribution in [1.82, 2.24) is 29.7 Å².